The molecule has 0 unspecified atom stereocenters. The monoisotopic (exact) mass is 418 g/mol. The summed E-state index contributed by atoms with van der Waals surface area (Å²) in [5.41, 5.74) is 3.75. The van der Waals surface area contributed by atoms with Crippen LogP contribution in [0.2, 0.25) is 0 Å². The molecule has 0 aliphatic heterocycles. The molecule has 6 heteroatoms. The lowest BCUT2D eigenvalue weighted by atomic mass is 9.87. The van der Waals surface area contributed by atoms with Gasteiger partial charge in [0.25, 0.3) is 0 Å². The molecule has 0 aliphatic carbocycles. The molecule has 0 bridgehead atoms. The van der Waals surface area contributed by atoms with Crippen molar-refractivity contribution in [3.8, 4) is 0 Å². The number of benzene rings is 2. The molecular formula is C22H30N2O2S2. The Hall–Kier alpha value is -1.92. The molecule has 0 amide bonds. The average molecular weight is 419 g/mol. The van der Waals surface area contributed by atoms with Crippen molar-refractivity contribution in [3.63, 3.8) is 0 Å². The summed E-state index contributed by atoms with van der Waals surface area (Å²) in [6, 6.07) is 15.6. The Balaban J connectivity index is 1.82. The fourth-order valence-corrected chi connectivity index (χ4v) is 3.53. The normalized spacial score (nSPS) is 11.9. The van der Waals surface area contributed by atoms with Crippen LogP contribution in [0.4, 0.5) is 0 Å². The Morgan fingerprint density at radius 2 is 1.54 bits per heavy atom. The average Bonchev–Trinajstić information content (AvgIpc) is 2.63. The van der Waals surface area contributed by atoms with Crippen LogP contribution in [-0.2, 0) is 28.2 Å². The van der Waals surface area contributed by atoms with E-state index in [1.165, 1.54) is 17.4 Å². The van der Waals surface area contributed by atoms with Crippen LogP contribution < -0.4 is 5.32 Å². The first-order valence-corrected chi connectivity index (χ1v) is 11.6. The zero-order chi connectivity index (χ0) is 20.9. The second-order valence-electron chi connectivity index (χ2n) is 8.19. The number of hydrogen-bond donors (Lipinski definition) is 1. The van der Waals surface area contributed by atoms with Crippen molar-refractivity contribution in [2.45, 2.75) is 44.0 Å². The van der Waals surface area contributed by atoms with Crippen LogP contribution >= 0.6 is 12.2 Å². The number of sulfone groups is 1. The SMILES string of the molecule is CN(CCc1ccc(S(C)(=O)=O)cc1)C(=S)NCc1ccc(C(C)(C)C)cc1. The van der Waals surface area contributed by atoms with Crippen molar-refractivity contribution >= 4 is 27.2 Å². The fraction of sp³-hybridized carbons (Fsp3) is 0.409. The van der Waals surface area contributed by atoms with Crippen LogP contribution in [0.3, 0.4) is 0 Å². The van der Waals surface area contributed by atoms with E-state index in [2.05, 4.69) is 50.4 Å². The molecule has 152 valence electrons. The van der Waals surface area contributed by atoms with Gasteiger partial charge in [0.15, 0.2) is 14.9 Å². The maximum absolute atomic E-state index is 11.5. The van der Waals surface area contributed by atoms with E-state index in [-0.39, 0.29) is 5.41 Å². The highest BCUT2D eigenvalue weighted by atomic mass is 32.2. The van der Waals surface area contributed by atoms with E-state index in [1.54, 1.807) is 12.1 Å². The smallest absolute Gasteiger partial charge is 0.175 e. The van der Waals surface area contributed by atoms with Crippen molar-refractivity contribution in [2.75, 3.05) is 19.8 Å². The zero-order valence-corrected chi connectivity index (χ0v) is 19.0. The van der Waals surface area contributed by atoms with Crippen molar-refractivity contribution in [2.24, 2.45) is 0 Å². The van der Waals surface area contributed by atoms with E-state index in [9.17, 15) is 8.42 Å². The molecule has 0 fully saturated rings. The second-order valence-corrected chi connectivity index (χ2v) is 10.6. The lowest BCUT2D eigenvalue weighted by Crippen LogP contribution is -2.37. The quantitative estimate of drug-likeness (QED) is 0.720. The van der Waals surface area contributed by atoms with E-state index in [1.807, 2.05) is 24.1 Å². The summed E-state index contributed by atoms with van der Waals surface area (Å²) in [5.74, 6) is 0. The first kappa shape index (κ1) is 22.4. The Bertz CT molecular complexity index is 897. The lowest BCUT2D eigenvalue weighted by molar-refractivity contribution is 0.496. The zero-order valence-electron chi connectivity index (χ0n) is 17.3. The van der Waals surface area contributed by atoms with Gasteiger partial charge in [-0.05, 0) is 52.9 Å². The minimum absolute atomic E-state index is 0.154. The number of nitrogens with zero attached hydrogens (tertiary/aromatic N) is 1. The molecule has 0 aromatic heterocycles. The molecule has 0 atom stereocenters. The summed E-state index contributed by atoms with van der Waals surface area (Å²) in [7, 11) is -1.19. The van der Waals surface area contributed by atoms with Gasteiger partial charge in [-0.1, -0.05) is 57.2 Å². The second kappa shape index (κ2) is 9.05. The van der Waals surface area contributed by atoms with E-state index in [0.717, 1.165) is 18.5 Å². The van der Waals surface area contributed by atoms with Gasteiger partial charge in [-0.25, -0.2) is 8.42 Å². The molecule has 2 rings (SSSR count). The third-order valence-corrected chi connectivity index (χ3v) is 6.28. The van der Waals surface area contributed by atoms with Crippen molar-refractivity contribution in [1.82, 2.24) is 10.2 Å². The summed E-state index contributed by atoms with van der Waals surface area (Å²) in [6.07, 6.45) is 2.01. The van der Waals surface area contributed by atoms with Crippen LogP contribution in [0, 0.1) is 0 Å². The predicted octanol–water partition coefficient (Wildman–Crippen LogP) is 3.94. The van der Waals surface area contributed by atoms with Crippen LogP contribution in [0.25, 0.3) is 0 Å². The first-order valence-electron chi connectivity index (χ1n) is 9.34. The number of hydrogen-bond acceptors (Lipinski definition) is 3. The van der Waals surface area contributed by atoms with E-state index >= 15 is 0 Å². The van der Waals surface area contributed by atoms with Gasteiger partial charge in [-0.15, -0.1) is 0 Å². The highest BCUT2D eigenvalue weighted by Gasteiger charge is 2.13. The summed E-state index contributed by atoms with van der Waals surface area (Å²) >= 11 is 5.48. The van der Waals surface area contributed by atoms with Crippen LogP contribution in [-0.4, -0.2) is 38.3 Å². The van der Waals surface area contributed by atoms with Gasteiger partial charge >= 0.3 is 0 Å². The molecule has 4 nitrogen and oxygen atoms in total. The van der Waals surface area contributed by atoms with Crippen molar-refractivity contribution < 1.29 is 8.42 Å². The van der Waals surface area contributed by atoms with Gasteiger partial charge in [0, 0.05) is 26.4 Å². The van der Waals surface area contributed by atoms with Crippen LogP contribution in [0.15, 0.2) is 53.4 Å². The van der Waals surface area contributed by atoms with Crippen LogP contribution in [0.1, 0.15) is 37.5 Å². The molecule has 2 aromatic carbocycles. The van der Waals surface area contributed by atoms with Crippen molar-refractivity contribution in [1.29, 1.82) is 0 Å². The Morgan fingerprint density at radius 1 is 1.00 bits per heavy atom. The molecule has 2 aromatic rings. The minimum Gasteiger partial charge on any atom is -0.358 e. The topological polar surface area (TPSA) is 49.4 Å². The van der Waals surface area contributed by atoms with E-state index in [4.69, 9.17) is 12.2 Å². The molecule has 28 heavy (non-hydrogen) atoms. The predicted molar refractivity (Wildman–Crippen MR) is 120 cm³/mol. The number of rotatable bonds is 6. The largest absolute Gasteiger partial charge is 0.358 e. The van der Waals surface area contributed by atoms with Gasteiger partial charge in [-0.3, -0.25) is 0 Å². The molecule has 0 saturated heterocycles. The highest BCUT2D eigenvalue weighted by Crippen LogP contribution is 2.22. The molecule has 0 saturated carbocycles. The lowest BCUT2D eigenvalue weighted by Gasteiger charge is -2.22. The first-order chi connectivity index (χ1) is 13.0. The van der Waals surface area contributed by atoms with Gasteiger partial charge < -0.3 is 10.2 Å². The molecule has 0 heterocycles. The Morgan fingerprint density at radius 3 is 2.04 bits per heavy atom. The van der Waals surface area contributed by atoms with Gasteiger partial charge in [0.05, 0.1) is 4.90 Å². The molecular weight excluding hydrogens is 388 g/mol. The molecule has 1 N–H and O–H groups in total. The summed E-state index contributed by atoms with van der Waals surface area (Å²) in [6.45, 7) is 8.07. The van der Waals surface area contributed by atoms with E-state index < -0.39 is 9.84 Å². The van der Waals surface area contributed by atoms with Gasteiger partial charge in [-0.2, -0.15) is 0 Å². The number of thiocarbonyl (C=S) groups is 1. The summed E-state index contributed by atoms with van der Waals surface area (Å²) in [4.78, 5) is 2.35. The molecule has 0 aliphatic rings. The molecule has 0 radical (unpaired) electrons. The summed E-state index contributed by atoms with van der Waals surface area (Å²) in [5, 5.41) is 4.00. The fourth-order valence-electron chi connectivity index (χ4n) is 2.74. The number of likely N-dealkylation sites (N-methyl/N-ethyl adjacent to an activating group) is 1. The number of nitrogens with one attached hydrogen (secondary N) is 1. The third kappa shape index (κ3) is 6.60. The van der Waals surface area contributed by atoms with Gasteiger partial charge in [0.1, 0.15) is 0 Å². The van der Waals surface area contributed by atoms with E-state index in [0.29, 0.717) is 16.6 Å². The highest BCUT2D eigenvalue weighted by molar-refractivity contribution is 7.90. The third-order valence-electron chi connectivity index (χ3n) is 4.70. The minimum atomic E-state index is -3.15. The Kier molecular flexibility index (Phi) is 7.23. The van der Waals surface area contributed by atoms with Crippen LogP contribution in [0.5, 0.6) is 0 Å². The van der Waals surface area contributed by atoms with Gasteiger partial charge in [0.2, 0.25) is 0 Å². The maximum atomic E-state index is 11.5. The standard InChI is InChI=1S/C22H30N2O2S2/c1-22(2,3)19-10-6-18(7-11-19)16-23-21(27)24(4)15-14-17-8-12-20(13-9-17)28(5,25)26/h6-13H,14-16H2,1-5H3,(H,23,27). The summed E-state index contributed by atoms with van der Waals surface area (Å²) < 4.78 is 23.0. The van der Waals surface area contributed by atoms with Crippen molar-refractivity contribution in [3.05, 3.63) is 65.2 Å². The maximum Gasteiger partial charge on any atom is 0.175 e. The Labute approximate surface area is 174 Å². The molecule has 0 spiro atoms.